The molecule has 2 aromatic carbocycles. The molecule has 0 saturated carbocycles. The Balaban J connectivity index is 1.81. The topological polar surface area (TPSA) is 47.6 Å². The summed E-state index contributed by atoms with van der Waals surface area (Å²) in [5.74, 6) is -1.09. The van der Waals surface area contributed by atoms with Crippen molar-refractivity contribution >= 4 is 24.2 Å². The molecule has 4 nitrogen and oxygen atoms in total. The minimum Gasteiger partial charge on any atom is -0.399 e. The van der Waals surface area contributed by atoms with Crippen molar-refractivity contribution in [2.24, 2.45) is 0 Å². The number of benzene rings is 2. The second-order valence-electron chi connectivity index (χ2n) is 8.10. The van der Waals surface area contributed by atoms with Gasteiger partial charge in [0.15, 0.2) is 0 Å². The van der Waals surface area contributed by atoms with Gasteiger partial charge in [0.2, 0.25) is 0 Å². The van der Waals surface area contributed by atoms with Crippen LogP contribution in [0.15, 0.2) is 36.4 Å². The average Bonchev–Trinajstić information content (AvgIpc) is 2.78. The van der Waals surface area contributed by atoms with Crippen LogP contribution < -0.4 is 10.8 Å². The number of hydrogen-bond acceptors (Lipinski definition) is 3. The van der Waals surface area contributed by atoms with Crippen LogP contribution >= 0.6 is 0 Å². The van der Waals surface area contributed by atoms with Crippen LogP contribution in [0.2, 0.25) is 0 Å². The van der Waals surface area contributed by atoms with Crippen LogP contribution in [0, 0.1) is 19.7 Å². The maximum Gasteiger partial charge on any atom is 0.494 e. The van der Waals surface area contributed by atoms with E-state index in [4.69, 9.17) is 9.31 Å². The fraction of sp³-hybridized carbons (Fsp3) is 0.381. The normalized spacial score (nSPS) is 17.8. The highest BCUT2D eigenvalue weighted by Crippen LogP contribution is 2.36. The molecule has 0 radical (unpaired) electrons. The highest BCUT2D eigenvalue weighted by atomic mass is 19.1. The number of nitrogens with one attached hydrogen (secondary N) is 1. The zero-order valence-corrected chi connectivity index (χ0v) is 16.6. The number of rotatable bonds is 3. The Morgan fingerprint density at radius 1 is 1.00 bits per heavy atom. The Hall–Kier alpha value is -2.18. The summed E-state index contributed by atoms with van der Waals surface area (Å²) in [7, 11) is -0.666. The van der Waals surface area contributed by atoms with Gasteiger partial charge >= 0.3 is 7.12 Å². The highest BCUT2D eigenvalue weighted by molar-refractivity contribution is 6.62. The first kappa shape index (κ1) is 19.6. The molecule has 0 aromatic heterocycles. The largest absolute Gasteiger partial charge is 0.494 e. The van der Waals surface area contributed by atoms with Gasteiger partial charge in [0.1, 0.15) is 5.82 Å². The molecule has 0 aliphatic carbocycles. The summed E-state index contributed by atoms with van der Waals surface area (Å²) in [5.41, 5.74) is 2.13. The lowest BCUT2D eigenvalue weighted by Gasteiger charge is -2.32. The van der Waals surface area contributed by atoms with E-state index in [-0.39, 0.29) is 5.56 Å². The molecule has 3 rings (SSSR count). The van der Waals surface area contributed by atoms with Gasteiger partial charge in [0, 0.05) is 5.69 Å². The zero-order valence-electron chi connectivity index (χ0n) is 16.6. The third-order valence-electron chi connectivity index (χ3n) is 5.40. The maximum absolute atomic E-state index is 14.6. The molecule has 1 aliphatic rings. The fourth-order valence-corrected chi connectivity index (χ4v) is 2.90. The van der Waals surface area contributed by atoms with E-state index < -0.39 is 30.0 Å². The van der Waals surface area contributed by atoms with Gasteiger partial charge in [0.05, 0.1) is 16.8 Å². The van der Waals surface area contributed by atoms with Crippen LogP contribution in [-0.4, -0.2) is 24.2 Å². The molecule has 142 valence electrons. The summed E-state index contributed by atoms with van der Waals surface area (Å²) in [4.78, 5) is 12.5. The van der Waals surface area contributed by atoms with E-state index in [1.165, 1.54) is 12.1 Å². The molecule has 1 N–H and O–H groups in total. The first-order valence-corrected chi connectivity index (χ1v) is 9.04. The first-order chi connectivity index (χ1) is 12.5. The van der Waals surface area contributed by atoms with Crippen LogP contribution in [0.4, 0.5) is 10.1 Å². The van der Waals surface area contributed by atoms with E-state index in [0.29, 0.717) is 11.2 Å². The molecule has 1 heterocycles. The Morgan fingerprint density at radius 3 is 2.22 bits per heavy atom. The van der Waals surface area contributed by atoms with Crippen LogP contribution in [0.1, 0.15) is 49.2 Å². The van der Waals surface area contributed by atoms with Gasteiger partial charge in [-0.15, -0.1) is 0 Å². The Morgan fingerprint density at radius 2 is 1.63 bits per heavy atom. The van der Waals surface area contributed by atoms with Crippen molar-refractivity contribution in [2.75, 3.05) is 5.32 Å². The average molecular weight is 369 g/mol. The summed E-state index contributed by atoms with van der Waals surface area (Å²) in [5, 5.41) is 2.78. The van der Waals surface area contributed by atoms with E-state index >= 15 is 0 Å². The zero-order chi connectivity index (χ0) is 20.0. The molecule has 0 bridgehead atoms. The number of hydrogen-bond donors (Lipinski definition) is 1. The lowest BCUT2D eigenvalue weighted by atomic mass is 9.78. The summed E-state index contributed by atoms with van der Waals surface area (Å²) in [6.45, 7) is 11.6. The van der Waals surface area contributed by atoms with Crippen LogP contribution in [-0.2, 0) is 9.31 Å². The number of amides is 1. The van der Waals surface area contributed by atoms with Crippen molar-refractivity contribution in [2.45, 2.75) is 52.7 Å². The SMILES string of the molecule is Cc1ccc(C)c(NC(=O)c2ccc(B3OC(C)(C)C(C)(C)O3)cc2F)c1. The summed E-state index contributed by atoms with van der Waals surface area (Å²) in [6, 6.07) is 10.2. The summed E-state index contributed by atoms with van der Waals surface area (Å²) < 4.78 is 26.5. The van der Waals surface area contributed by atoms with E-state index in [2.05, 4.69) is 5.32 Å². The number of carbonyl (C=O) groups excluding carboxylic acids is 1. The summed E-state index contributed by atoms with van der Waals surface area (Å²) in [6.07, 6.45) is 0. The molecule has 1 saturated heterocycles. The number of aryl methyl sites for hydroxylation is 2. The van der Waals surface area contributed by atoms with E-state index in [1.54, 1.807) is 6.07 Å². The predicted molar refractivity (Wildman–Crippen MR) is 106 cm³/mol. The molecule has 1 amide bonds. The molecule has 0 atom stereocenters. The molecule has 6 heteroatoms. The number of halogens is 1. The second kappa shape index (κ2) is 6.77. The standard InChI is InChI=1S/C21H25BFNO3/c1-13-7-8-14(2)18(11-13)24-19(25)16-10-9-15(12-17(16)23)22-26-20(3,4)21(5,6)27-22/h7-12H,1-6H3,(H,24,25). The number of anilines is 1. The van der Waals surface area contributed by atoms with Gasteiger partial charge < -0.3 is 14.6 Å². The van der Waals surface area contributed by atoms with E-state index in [9.17, 15) is 9.18 Å². The molecular weight excluding hydrogens is 344 g/mol. The second-order valence-corrected chi connectivity index (χ2v) is 8.10. The monoisotopic (exact) mass is 369 g/mol. The molecule has 0 unspecified atom stereocenters. The fourth-order valence-electron chi connectivity index (χ4n) is 2.90. The van der Waals surface area contributed by atoms with Gasteiger partial charge in [-0.1, -0.05) is 18.2 Å². The van der Waals surface area contributed by atoms with Gasteiger partial charge in [-0.3, -0.25) is 4.79 Å². The van der Waals surface area contributed by atoms with E-state index in [1.807, 2.05) is 59.7 Å². The molecule has 2 aromatic rings. The Labute approximate surface area is 160 Å². The van der Waals surface area contributed by atoms with Crippen molar-refractivity contribution in [3.63, 3.8) is 0 Å². The van der Waals surface area contributed by atoms with Crippen molar-refractivity contribution < 1.29 is 18.5 Å². The lowest BCUT2D eigenvalue weighted by molar-refractivity contribution is 0.00578. The minimum absolute atomic E-state index is 0.0174. The van der Waals surface area contributed by atoms with Crippen molar-refractivity contribution in [3.05, 3.63) is 58.9 Å². The van der Waals surface area contributed by atoms with Gasteiger partial charge in [-0.25, -0.2) is 4.39 Å². The minimum atomic E-state index is -0.666. The first-order valence-electron chi connectivity index (χ1n) is 9.04. The smallest absolute Gasteiger partial charge is 0.399 e. The van der Waals surface area contributed by atoms with Crippen molar-refractivity contribution in [3.8, 4) is 0 Å². The van der Waals surface area contributed by atoms with Crippen LogP contribution in [0.5, 0.6) is 0 Å². The molecule has 0 spiro atoms. The van der Waals surface area contributed by atoms with Gasteiger partial charge in [0.25, 0.3) is 5.91 Å². The van der Waals surface area contributed by atoms with Crippen LogP contribution in [0.3, 0.4) is 0 Å². The van der Waals surface area contributed by atoms with Gasteiger partial charge in [-0.2, -0.15) is 0 Å². The van der Waals surface area contributed by atoms with Crippen LogP contribution in [0.25, 0.3) is 0 Å². The molecule has 27 heavy (non-hydrogen) atoms. The van der Waals surface area contributed by atoms with Crippen molar-refractivity contribution in [1.82, 2.24) is 0 Å². The molecule has 1 aliphatic heterocycles. The van der Waals surface area contributed by atoms with E-state index in [0.717, 1.165) is 11.1 Å². The quantitative estimate of drug-likeness (QED) is 0.833. The number of carbonyl (C=O) groups is 1. The van der Waals surface area contributed by atoms with Crippen molar-refractivity contribution in [1.29, 1.82) is 0 Å². The highest BCUT2D eigenvalue weighted by Gasteiger charge is 2.51. The molecular formula is C21H25BFNO3. The predicted octanol–water partition coefficient (Wildman–Crippen LogP) is 3.99. The lowest BCUT2D eigenvalue weighted by Crippen LogP contribution is -2.41. The summed E-state index contributed by atoms with van der Waals surface area (Å²) >= 11 is 0. The third kappa shape index (κ3) is 3.78. The molecule has 1 fully saturated rings. The van der Waals surface area contributed by atoms with Gasteiger partial charge in [-0.05, 0) is 76.3 Å². The third-order valence-corrected chi connectivity index (χ3v) is 5.40. The Bertz CT molecular complexity index is 879. The Kier molecular flexibility index (Phi) is 4.91. The maximum atomic E-state index is 14.6.